The molecule has 0 radical (unpaired) electrons. The van der Waals surface area contributed by atoms with Gasteiger partial charge < -0.3 is 30.2 Å². The van der Waals surface area contributed by atoms with Gasteiger partial charge in [-0.2, -0.15) is 0 Å². The van der Waals surface area contributed by atoms with Gasteiger partial charge in [-0.05, 0) is 9.91 Å². The van der Waals surface area contributed by atoms with Gasteiger partial charge in [0.1, 0.15) is 12.2 Å². The molecule has 0 fully saturated rings. The van der Waals surface area contributed by atoms with Crippen LogP contribution < -0.4 is 5.32 Å². The van der Waals surface area contributed by atoms with E-state index in [9.17, 15) is 24.5 Å². The standard InChI is InChI=1S/C10H12N4O7/c15-8(12-6(10(18)19)3-9(16)17)1-2-13-4-7(11-5-13)14(20)21/h4-6H,1-3H2,(H,12,15)(H,16,17)(H,18,19). The highest BCUT2D eigenvalue weighted by molar-refractivity contribution is 5.86. The van der Waals surface area contributed by atoms with E-state index in [2.05, 4.69) is 10.3 Å². The molecule has 1 amide bonds. The molecular weight excluding hydrogens is 288 g/mol. The van der Waals surface area contributed by atoms with Gasteiger partial charge in [-0.25, -0.2) is 4.79 Å². The van der Waals surface area contributed by atoms with Crippen LogP contribution in [0.5, 0.6) is 0 Å². The van der Waals surface area contributed by atoms with Gasteiger partial charge in [-0.1, -0.05) is 0 Å². The number of hydrogen-bond donors (Lipinski definition) is 3. The molecule has 11 heteroatoms. The fourth-order valence-corrected chi connectivity index (χ4v) is 1.44. The van der Waals surface area contributed by atoms with E-state index in [1.165, 1.54) is 4.57 Å². The van der Waals surface area contributed by atoms with E-state index in [-0.39, 0.29) is 18.8 Å². The van der Waals surface area contributed by atoms with Gasteiger partial charge in [0.25, 0.3) is 0 Å². The van der Waals surface area contributed by atoms with E-state index < -0.39 is 35.2 Å². The van der Waals surface area contributed by atoms with Crippen molar-refractivity contribution < 1.29 is 29.5 Å². The van der Waals surface area contributed by atoms with Crippen molar-refractivity contribution in [1.82, 2.24) is 14.9 Å². The first-order valence-corrected chi connectivity index (χ1v) is 5.69. The van der Waals surface area contributed by atoms with Crippen molar-refractivity contribution in [2.45, 2.75) is 25.4 Å². The number of nitrogens with zero attached hydrogens (tertiary/aromatic N) is 3. The van der Waals surface area contributed by atoms with Crippen LogP contribution in [0.15, 0.2) is 12.5 Å². The van der Waals surface area contributed by atoms with E-state index in [0.29, 0.717) is 0 Å². The van der Waals surface area contributed by atoms with Gasteiger partial charge in [-0.15, -0.1) is 0 Å². The molecule has 21 heavy (non-hydrogen) atoms. The number of rotatable bonds is 8. The number of amides is 1. The Morgan fingerprint density at radius 1 is 1.43 bits per heavy atom. The van der Waals surface area contributed by atoms with Crippen LogP contribution in [-0.2, 0) is 20.9 Å². The Morgan fingerprint density at radius 2 is 2.10 bits per heavy atom. The number of aliphatic carboxylic acids is 2. The fraction of sp³-hybridized carbons (Fsp3) is 0.400. The maximum atomic E-state index is 11.5. The minimum Gasteiger partial charge on any atom is -0.481 e. The van der Waals surface area contributed by atoms with Crippen molar-refractivity contribution in [2.24, 2.45) is 0 Å². The molecular formula is C10H12N4O7. The Bertz CT molecular complexity index is 568. The monoisotopic (exact) mass is 300 g/mol. The minimum absolute atomic E-state index is 0.0477. The molecule has 0 saturated heterocycles. The Balaban J connectivity index is 2.50. The Hall–Kier alpha value is -2.98. The lowest BCUT2D eigenvalue weighted by atomic mass is 10.2. The largest absolute Gasteiger partial charge is 0.481 e. The lowest BCUT2D eigenvalue weighted by Crippen LogP contribution is -2.42. The lowest BCUT2D eigenvalue weighted by Gasteiger charge is -2.12. The van der Waals surface area contributed by atoms with Crippen molar-refractivity contribution in [3.63, 3.8) is 0 Å². The highest BCUT2D eigenvalue weighted by atomic mass is 16.6. The zero-order valence-corrected chi connectivity index (χ0v) is 10.6. The van der Waals surface area contributed by atoms with Crippen molar-refractivity contribution in [2.75, 3.05) is 0 Å². The molecule has 1 unspecified atom stereocenters. The fourth-order valence-electron chi connectivity index (χ4n) is 1.44. The SMILES string of the molecule is O=C(O)CC(NC(=O)CCn1cnc([N+](=O)[O-])c1)C(=O)O. The molecule has 1 rings (SSSR count). The van der Waals surface area contributed by atoms with Crippen LogP contribution in [0.25, 0.3) is 0 Å². The van der Waals surface area contributed by atoms with Crippen LogP contribution in [-0.4, -0.2) is 48.6 Å². The number of aromatic nitrogens is 2. The van der Waals surface area contributed by atoms with E-state index in [1.807, 2.05) is 0 Å². The first-order valence-electron chi connectivity index (χ1n) is 5.69. The van der Waals surface area contributed by atoms with Crippen LogP contribution in [0.4, 0.5) is 5.82 Å². The maximum absolute atomic E-state index is 11.5. The van der Waals surface area contributed by atoms with E-state index in [0.717, 1.165) is 12.5 Å². The summed E-state index contributed by atoms with van der Waals surface area (Å²) in [6.45, 7) is 0.0477. The summed E-state index contributed by atoms with van der Waals surface area (Å²) in [4.78, 5) is 45.9. The normalized spacial score (nSPS) is 11.6. The summed E-state index contributed by atoms with van der Waals surface area (Å²) in [5.41, 5.74) is 0. The smallest absolute Gasteiger partial charge is 0.381 e. The first kappa shape index (κ1) is 16.1. The van der Waals surface area contributed by atoms with Crippen molar-refractivity contribution >= 4 is 23.7 Å². The summed E-state index contributed by atoms with van der Waals surface area (Å²) in [7, 11) is 0. The number of carbonyl (C=O) groups is 3. The molecule has 11 nitrogen and oxygen atoms in total. The molecule has 0 spiro atoms. The molecule has 1 aromatic rings. The topological polar surface area (TPSA) is 165 Å². The second kappa shape index (κ2) is 6.98. The molecule has 1 aromatic heterocycles. The number of carboxylic acids is 2. The third-order valence-electron chi connectivity index (χ3n) is 2.42. The lowest BCUT2D eigenvalue weighted by molar-refractivity contribution is -0.389. The maximum Gasteiger partial charge on any atom is 0.381 e. The number of carbonyl (C=O) groups excluding carboxylic acids is 1. The van der Waals surface area contributed by atoms with Gasteiger partial charge in [0.2, 0.25) is 12.2 Å². The van der Waals surface area contributed by atoms with Crippen LogP contribution in [0.1, 0.15) is 12.8 Å². The molecule has 1 atom stereocenters. The summed E-state index contributed by atoms with van der Waals surface area (Å²) >= 11 is 0. The summed E-state index contributed by atoms with van der Waals surface area (Å²) in [5, 5.41) is 29.7. The molecule has 0 aromatic carbocycles. The molecule has 3 N–H and O–H groups in total. The van der Waals surface area contributed by atoms with Crippen molar-refractivity contribution in [3.8, 4) is 0 Å². The van der Waals surface area contributed by atoms with Crippen LogP contribution in [0.3, 0.4) is 0 Å². The molecule has 0 saturated carbocycles. The average molecular weight is 300 g/mol. The Kier molecular flexibility index (Phi) is 5.34. The molecule has 0 aliphatic carbocycles. The number of aryl methyl sites for hydroxylation is 1. The number of nitro groups is 1. The van der Waals surface area contributed by atoms with Crippen LogP contribution in [0.2, 0.25) is 0 Å². The number of imidazole rings is 1. The van der Waals surface area contributed by atoms with Gasteiger partial charge in [0.15, 0.2) is 0 Å². The summed E-state index contributed by atoms with van der Waals surface area (Å²) in [6.07, 6.45) is 1.38. The van der Waals surface area contributed by atoms with Gasteiger partial charge in [0.05, 0.1) is 6.42 Å². The summed E-state index contributed by atoms with van der Waals surface area (Å²) in [6, 6.07) is -1.52. The summed E-state index contributed by atoms with van der Waals surface area (Å²) < 4.78 is 1.30. The molecule has 0 bridgehead atoms. The highest BCUT2D eigenvalue weighted by Gasteiger charge is 2.22. The third kappa shape index (κ3) is 5.26. The summed E-state index contributed by atoms with van der Waals surface area (Å²) in [5.74, 6) is -3.86. The number of hydrogen-bond acceptors (Lipinski definition) is 6. The van der Waals surface area contributed by atoms with Crippen LogP contribution >= 0.6 is 0 Å². The third-order valence-corrected chi connectivity index (χ3v) is 2.42. The van der Waals surface area contributed by atoms with Crippen molar-refractivity contribution in [3.05, 3.63) is 22.6 Å². The van der Waals surface area contributed by atoms with Gasteiger partial charge >= 0.3 is 17.8 Å². The zero-order valence-electron chi connectivity index (χ0n) is 10.6. The number of carboxylic acid groups (broad SMARTS) is 2. The van der Waals surface area contributed by atoms with Crippen LogP contribution in [0, 0.1) is 10.1 Å². The van der Waals surface area contributed by atoms with E-state index >= 15 is 0 Å². The zero-order chi connectivity index (χ0) is 16.0. The van der Waals surface area contributed by atoms with E-state index in [1.54, 1.807) is 0 Å². The highest BCUT2D eigenvalue weighted by Crippen LogP contribution is 2.06. The van der Waals surface area contributed by atoms with Gasteiger partial charge in [-0.3, -0.25) is 9.59 Å². The molecule has 114 valence electrons. The quantitative estimate of drug-likeness (QED) is 0.415. The van der Waals surface area contributed by atoms with Gasteiger partial charge in [0, 0.05) is 13.0 Å². The Labute approximate surface area is 117 Å². The molecule has 1 heterocycles. The predicted octanol–water partition coefficient (Wildman–Crippen LogP) is -0.774. The molecule has 0 aliphatic rings. The minimum atomic E-state index is -1.52. The first-order chi connectivity index (χ1) is 9.79. The second-order valence-corrected chi connectivity index (χ2v) is 4.03. The average Bonchev–Trinajstić information content (AvgIpc) is 2.83. The predicted molar refractivity (Wildman–Crippen MR) is 65.3 cm³/mol. The number of nitrogens with one attached hydrogen (secondary N) is 1. The van der Waals surface area contributed by atoms with E-state index in [4.69, 9.17) is 10.2 Å². The Morgan fingerprint density at radius 3 is 2.57 bits per heavy atom. The molecule has 0 aliphatic heterocycles. The van der Waals surface area contributed by atoms with Crippen molar-refractivity contribution in [1.29, 1.82) is 0 Å². The second-order valence-electron chi connectivity index (χ2n) is 4.03.